The molecule has 4 nitrogen and oxygen atoms in total. The van der Waals surface area contributed by atoms with E-state index in [9.17, 15) is 4.79 Å². The molecule has 2 saturated heterocycles. The first-order valence-electron chi connectivity index (χ1n) is 6.50. The molecule has 4 heteroatoms. The molecule has 2 fully saturated rings. The lowest BCUT2D eigenvalue weighted by Gasteiger charge is -2.26. The number of rotatable bonds is 2. The maximum absolute atomic E-state index is 12.1. The number of carbonyl (C=O) groups is 1. The van der Waals surface area contributed by atoms with Crippen LogP contribution in [0.25, 0.3) is 0 Å². The van der Waals surface area contributed by atoms with E-state index in [1.165, 1.54) is 12.8 Å². The van der Waals surface area contributed by atoms with Gasteiger partial charge in [0.05, 0.1) is 6.54 Å². The van der Waals surface area contributed by atoms with Crippen molar-refractivity contribution in [1.29, 1.82) is 0 Å². The number of nitrogens with zero attached hydrogens (tertiary/aromatic N) is 2. The van der Waals surface area contributed by atoms with E-state index in [1.807, 2.05) is 0 Å². The smallest absolute Gasteiger partial charge is 0.236 e. The van der Waals surface area contributed by atoms with Crippen LogP contribution in [0.15, 0.2) is 0 Å². The van der Waals surface area contributed by atoms with E-state index in [-0.39, 0.29) is 0 Å². The van der Waals surface area contributed by atoms with Crippen molar-refractivity contribution in [2.75, 3.05) is 39.3 Å². The molecule has 2 heterocycles. The van der Waals surface area contributed by atoms with Gasteiger partial charge in [-0.1, -0.05) is 0 Å². The maximum atomic E-state index is 12.1. The van der Waals surface area contributed by atoms with Crippen LogP contribution in [0.4, 0.5) is 0 Å². The van der Waals surface area contributed by atoms with Crippen molar-refractivity contribution in [3.63, 3.8) is 0 Å². The summed E-state index contributed by atoms with van der Waals surface area (Å²) >= 11 is 0. The first kappa shape index (κ1) is 11.9. The normalized spacial score (nSPS) is 28.1. The van der Waals surface area contributed by atoms with Crippen molar-refractivity contribution in [2.24, 2.45) is 0 Å². The highest BCUT2D eigenvalue weighted by molar-refractivity contribution is 5.78. The number of nitrogens with one attached hydrogen (secondary N) is 1. The van der Waals surface area contributed by atoms with Gasteiger partial charge in [-0.3, -0.25) is 9.69 Å². The van der Waals surface area contributed by atoms with E-state index < -0.39 is 0 Å². The van der Waals surface area contributed by atoms with Crippen molar-refractivity contribution in [2.45, 2.75) is 32.2 Å². The Bertz CT molecular complexity index is 236. The van der Waals surface area contributed by atoms with E-state index in [1.54, 1.807) is 0 Å². The van der Waals surface area contributed by atoms with Gasteiger partial charge in [-0.15, -0.1) is 0 Å². The predicted molar refractivity (Wildman–Crippen MR) is 64.3 cm³/mol. The molecular weight excluding hydrogens is 202 g/mol. The number of carbonyl (C=O) groups excluding carboxylic acids is 1. The quantitative estimate of drug-likeness (QED) is 0.734. The Kier molecular flexibility index (Phi) is 4.18. The number of hydrogen-bond donors (Lipinski definition) is 1. The molecule has 1 atom stereocenters. The van der Waals surface area contributed by atoms with Crippen LogP contribution in [0, 0.1) is 0 Å². The van der Waals surface area contributed by atoms with Crippen LogP contribution in [0.3, 0.4) is 0 Å². The SMILES string of the molecule is CC1CCCN1C(=O)CN1CCCNCC1. The molecule has 0 aliphatic carbocycles. The summed E-state index contributed by atoms with van der Waals surface area (Å²) < 4.78 is 0. The Balaban J connectivity index is 1.81. The summed E-state index contributed by atoms with van der Waals surface area (Å²) in [5.74, 6) is 0.326. The van der Waals surface area contributed by atoms with Crippen LogP contribution in [0.1, 0.15) is 26.2 Å². The van der Waals surface area contributed by atoms with Crippen molar-refractivity contribution in [3.05, 3.63) is 0 Å². The number of likely N-dealkylation sites (tertiary alicyclic amines) is 1. The molecule has 2 aliphatic rings. The summed E-state index contributed by atoms with van der Waals surface area (Å²) in [6.07, 6.45) is 3.50. The molecule has 1 N–H and O–H groups in total. The van der Waals surface area contributed by atoms with Crippen molar-refractivity contribution in [3.8, 4) is 0 Å². The molecule has 0 radical (unpaired) electrons. The van der Waals surface area contributed by atoms with Crippen molar-refractivity contribution < 1.29 is 4.79 Å². The minimum Gasteiger partial charge on any atom is -0.339 e. The molecule has 2 aliphatic heterocycles. The topological polar surface area (TPSA) is 35.6 Å². The van der Waals surface area contributed by atoms with Gasteiger partial charge in [-0.05, 0) is 39.3 Å². The number of hydrogen-bond acceptors (Lipinski definition) is 3. The minimum atomic E-state index is 0.326. The standard InChI is InChI=1S/C12H23N3O/c1-11-4-2-8-15(11)12(16)10-14-7-3-5-13-6-9-14/h11,13H,2-10H2,1H3. The van der Waals surface area contributed by atoms with E-state index >= 15 is 0 Å². The zero-order chi connectivity index (χ0) is 11.4. The van der Waals surface area contributed by atoms with Crippen LogP contribution >= 0.6 is 0 Å². The summed E-state index contributed by atoms with van der Waals surface area (Å²) in [6.45, 7) is 7.91. The summed E-state index contributed by atoms with van der Waals surface area (Å²) in [4.78, 5) is 16.4. The van der Waals surface area contributed by atoms with Gasteiger partial charge in [0, 0.05) is 25.7 Å². The van der Waals surface area contributed by atoms with Gasteiger partial charge in [0.25, 0.3) is 0 Å². The third kappa shape index (κ3) is 2.95. The molecule has 16 heavy (non-hydrogen) atoms. The van der Waals surface area contributed by atoms with Crippen molar-refractivity contribution in [1.82, 2.24) is 15.1 Å². The molecule has 0 aromatic rings. The summed E-state index contributed by atoms with van der Waals surface area (Å²) in [5, 5.41) is 3.36. The zero-order valence-electron chi connectivity index (χ0n) is 10.2. The lowest BCUT2D eigenvalue weighted by atomic mass is 10.2. The van der Waals surface area contributed by atoms with Gasteiger partial charge in [0.1, 0.15) is 0 Å². The highest BCUT2D eigenvalue weighted by Crippen LogP contribution is 2.16. The van der Waals surface area contributed by atoms with Crippen LogP contribution in [0.5, 0.6) is 0 Å². The van der Waals surface area contributed by atoms with E-state index in [0.717, 1.165) is 39.1 Å². The fraction of sp³-hybridized carbons (Fsp3) is 0.917. The first-order valence-corrected chi connectivity index (χ1v) is 6.50. The fourth-order valence-electron chi connectivity index (χ4n) is 2.65. The van der Waals surface area contributed by atoms with Gasteiger partial charge in [0.15, 0.2) is 0 Å². The lowest BCUT2D eigenvalue weighted by molar-refractivity contribution is -0.132. The molecule has 0 saturated carbocycles. The third-order valence-corrected chi connectivity index (χ3v) is 3.66. The highest BCUT2D eigenvalue weighted by atomic mass is 16.2. The van der Waals surface area contributed by atoms with Crippen LogP contribution in [-0.4, -0.2) is 61.0 Å². The molecule has 2 rings (SSSR count). The second kappa shape index (κ2) is 5.64. The third-order valence-electron chi connectivity index (χ3n) is 3.66. The average molecular weight is 225 g/mol. The first-order chi connectivity index (χ1) is 7.77. The Hall–Kier alpha value is -0.610. The van der Waals surface area contributed by atoms with Crippen LogP contribution < -0.4 is 5.32 Å². The van der Waals surface area contributed by atoms with E-state index in [4.69, 9.17) is 0 Å². The maximum Gasteiger partial charge on any atom is 0.236 e. The number of amides is 1. The molecule has 0 aromatic heterocycles. The molecule has 1 amide bonds. The monoisotopic (exact) mass is 225 g/mol. The van der Waals surface area contributed by atoms with Crippen LogP contribution in [-0.2, 0) is 4.79 Å². The van der Waals surface area contributed by atoms with E-state index in [0.29, 0.717) is 18.5 Å². The van der Waals surface area contributed by atoms with Gasteiger partial charge < -0.3 is 10.2 Å². The van der Waals surface area contributed by atoms with Gasteiger partial charge >= 0.3 is 0 Å². The average Bonchev–Trinajstić information content (AvgIpc) is 2.53. The molecule has 0 bridgehead atoms. The highest BCUT2D eigenvalue weighted by Gasteiger charge is 2.26. The van der Waals surface area contributed by atoms with E-state index in [2.05, 4.69) is 22.0 Å². The lowest BCUT2D eigenvalue weighted by Crippen LogP contribution is -2.42. The zero-order valence-corrected chi connectivity index (χ0v) is 10.2. The summed E-state index contributed by atoms with van der Waals surface area (Å²) in [6, 6.07) is 0.456. The molecule has 0 aromatic carbocycles. The van der Waals surface area contributed by atoms with Crippen molar-refractivity contribution >= 4 is 5.91 Å². The minimum absolute atomic E-state index is 0.326. The second-order valence-corrected chi connectivity index (χ2v) is 4.96. The van der Waals surface area contributed by atoms with Gasteiger partial charge in [-0.2, -0.15) is 0 Å². The summed E-state index contributed by atoms with van der Waals surface area (Å²) in [7, 11) is 0. The largest absolute Gasteiger partial charge is 0.339 e. The van der Waals surface area contributed by atoms with Gasteiger partial charge in [-0.25, -0.2) is 0 Å². The van der Waals surface area contributed by atoms with Crippen LogP contribution in [0.2, 0.25) is 0 Å². The Labute approximate surface area is 98.0 Å². The molecule has 92 valence electrons. The fourth-order valence-corrected chi connectivity index (χ4v) is 2.65. The Morgan fingerprint density at radius 3 is 2.88 bits per heavy atom. The Morgan fingerprint density at radius 1 is 1.25 bits per heavy atom. The Morgan fingerprint density at radius 2 is 2.12 bits per heavy atom. The molecule has 0 spiro atoms. The molecular formula is C12H23N3O. The second-order valence-electron chi connectivity index (χ2n) is 4.96. The molecule has 1 unspecified atom stereocenters. The predicted octanol–water partition coefficient (Wildman–Crippen LogP) is 0.293. The summed E-state index contributed by atoms with van der Waals surface area (Å²) in [5.41, 5.74) is 0. The van der Waals surface area contributed by atoms with Gasteiger partial charge in [0.2, 0.25) is 5.91 Å².